The predicted molar refractivity (Wildman–Crippen MR) is 176 cm³/mol. The van der Waals surface area contributed by atoms with Gasteiger partial charge >= 0.3 is 0 Å². The molecule has 2 heteroatoms. The smallest absolute Gasteiger partial charge is 0.0160 e. The molecule has 0 atom stereocenters. The number of aromatic nitrogens is 1. The molecule has 6 aromatic carbocycles. The van der Waals surface area contributed by atoms with Crippen LogP contribution in [0.15, 0.2) is 170 Å². The van der Waals surface area contributed by atoms with Crippen LogP contribution in [0.25, 0.3) is 66.9 Å². The zero-order chi connectivity index (χ0) is 28.1. The third-order valence-corrected chi connectivity index (χ3v) is 7.66. The molecule has 1 aromatic heterocycles. The van der Waals surface area contributed by atoms with E-state index in [-0.39, 0.29) is 20.1 Å². The van der Waals surface area contributed by atoms with Gasteiger partial charge < -0.3 is 4.98 Å². The van der Waals surface area contributed by atoms with Gasteiger partial charge in [-0.3, -0.25) is 0 Å². The minimum absolute atomic E-state index is 0. The summed E-state index contributed by atoms with van der Waals surface area (Å²) in [6.45, 7) is 0. The first-order valence-electron chi connectivity index (χ1n) is 14.2. The Morgan fingerprint density at radius 3 is 1.26 bits per heavy atom. The van der Waals surface area contributed by atoms with Crippen molar-refractivity contribution in [1.29, 1.82) is 0 Å². The van der Waals surface area contributed by atoms with Gasteiger partial charge in [0.1, 0.15) is 0 Å². The average Bonchev–Trinajstić information content (AvgIpc) is 3.09. The Kier molecular flexibility index (Phi) is 8.52. The fraction of sp³-hybridized carbons (Fsp3) is 0. The summed E-state index contributed by atoms with van der Waals surface area (Å²) in [4.78, 5) is 4.48. The van der Waals surface area contributed by atoms with Crippen LogP contribution in [0.4, 0.5) is 0 Å². The van der Waals surface area contributed by atoms with Crippen molar-refractivity contribution >= 4 is 0 Å². The van der Waals surface area contributed by atoms with Crippen molar-refractivity contribution in [2.24, 2.45) is 0 Å². The van der Waals surface area contributed by atoms with E-state index in [1.807, 2.05) is 30.5 Å². The maximum Gasteiger partial charge on any atom is 0.0160 e. The molecule has 43 heavy (non-hydrogen) atoms. The zero-order valence-electron chi connectivity index (χ0n) is 23.4. The van der Waals surface area contributed by atoms with Crippen molar-refractivity contribution in [2.75, 3.05) is 0 Å². The van der Waals surface area contributed by atoms with E-state index in [4.69, 9.17) is 0 Å². The molecule has 7 rings (SSSR count). The van der Waals surface area contributed by atoms with Crippen molar-refractivity contribution in [2.45, 2.75) is 0 Å². The molecule has 0 unspecified atom stereocenters. The molecule has 0 aliphatic rings. The number of nitrogens with zero attached hydrogens (tertiary/aromatic N) is 1. The van der Waals surface area contributed by atoms with E-state index >= 15 is 0 Å². The van der Waals surface area contributed by atoms with Gasteiger partial charge in [0, 0.05) is 26.3 Å². The van der Waals surface area contributed by atoms with Crippen molar-refractivity contribution in [1.82, 2.24) is 4.98 Å². The first-order chi connectivity index (χ1) is 20.8. The minimum atomic E-state index is 0. The van der Waals surface area contributed by atoms with E-state index < -0.39 is 0 Å². The summed E-state index contributed by atoms with van der Waals surface area (Å²) in [6.07, 6.45) is 1.82. The van der Waals surface area contributed by atoms with Crippen molar-refractivity contribution in [3.05, 3.63) is 176 Å². The third kappa shape index (κ3) is 6.32. The maximum atomic E-state index is 4.48. The van der Waals surface area contributed by atoms with Gasteiger partial charge in [0.05, 0.1) is 0 Å². The number of hydrogen-bond donors (Lipinski definition) is 0. The van der Waals surface area contributed by atoms with Crippen LogP contribution < -0.4 is 0 Å². The molecule has 0 spiro atoms. The summed E-state index contributed by atoms with van der Waals surface area (Å²) in [5.74, 6) is 0. The van der Waals surface area contributed by atoms with Gasteiger partial charge in [-0.25, -0.2) is 0 Å². The molecule has 0 N–H and O–H groups in total. The molecule has 1 heterocycles. The largest absolute Gasteiger partial charge is 0.305 e. The first-order valence-corrected chi connectivity index (χ1v) is 14.2. The second kappa shape index (κ2) is 13.0. The zero-order valence-corrected chi connectivity index (χ0v) is 25.8. The molecular weight excluding hydrogens is 699 g/mol. The van der Waals surface area contributed by atoms with Crippen LogP contribution in [0.3, 0.4) is 0 Å². The monoisotopic (exact) mass is 727 g/mol. The second-order valence-electron chi connectivity index (χ2n) is 10.4. The summed E-state index contributed by atoms with van der Waals surface area (Å²) in [6, 6.07) is 61.3. The maximum absolute atomic E-state index is 4.48. The Morgan fingerprint density at radius 1 is 0.349 bits per heavy atom. The summed E-state index contributed by atoms with van der Waals surface area (Å²) < 4.78 is 0. The van der Waals surface area contributed by atoms with Crippen LogP contribution in [0.5, 0.6) is 0 Å². The second-order valence-corrected chi connectivity index (χ2v) is 10.4. The summed E-state index contributed by atoms with van der Waals surface area (Å²) >= 11 is 0. The molecule has 1 nitrogen and oxygen atoms in total. The van der Waals surface area contributed by atoms with Crippen LogP contribution in [-0.2, 0) is 20.1 Å². The van der Waals surface area contributed by atoms with E-state index in [1.54, 1.807) is 0 Å². The summed E-state index contributed by atoms with van der Waals surface area (Å²) in [5.41, 5.74) is 14.0. The van der Waals surface area contributed by atoms with Gasteiger partial charge in [-0.2, -0.15) is 0 Å². The Hall–Kier alpha value is -4.88. The topological polar surface area (TPSA) is 12.9 Å². The van der Waals surface area contributed by atoms with Gasteiger partial charge in [0.15, 0.2) is 0 Å². The van der Waals surface area contributed by atoms with Crippen LogP contribution >= 0.6 is 0 Å². The first kappa shape index (κ1) is 28.2. The Balaban J connectivity index is 0.00000329. The van der Waals surface area contributed by atoms with E-state index in [0.29, 0.717) is 0 Å². The number of rotatable bonds is 6. The van der Waals surface area contributed by atoms with E-state index in [1.165, 1.54) is 50.1 Å². The van der Waals surface area contributed by atoms with Gasteiger partial charge in [-0.1, -0.05) is 121 Å². The van der Waals surface area contributed by atoms with E-state index in [9.17, 15) is 0 Å². The fourth-order valence-corrected chi connectivity index (χ4v) is 5.44. The van der Waals surface area contributed by atoms with Gasteiger partial charge in [-0.05, 0) is 80.0 Å². The Bertz CT molecular complexity index is 1960. The summed E-state index contributed by atoms with van der Waals surface area (Å²) in [7, 11) is 0. The molecule has 207 valence electrons. The van der Waals surface area contributed by atoms with Gasteiger partial charge in [0.25, 0.3) is 0 Å². The number of hydrogen-bond acceptors (Lipinski definition) is 1. The molecule has 0 aliphatic heterocycles. The molecule has 0 saturated heterocycles. The van der Waals surface area contributed by atoms with Gasteiger partial charge in [0.2, 0.25) is 0 Å². The summed E-state index contributed by atoms with van der Waals surface area (Å²) in [5, 5.41) is 0. The predicted octanol–water partition coefficient (Wildman–Crippen LogP) is 10.9. The van der Waals surface area contributed by atoms with Crippen molar-refractivity contribution in [3.63, 3.8) is 0 Å². The molecule has 0 amide bonds. The minimum Gasteiger partial charge on any atom is -0.305 e. The Morgan fingerprint density at radius 2 is 0.767 bits per heavy atom. The third-order valence-electron chi connectivity index (χ3n) is 7.66. The van der Waals surface area contributed by atoms with Crippen molar-refractivity contribution in [3.8, 4) is 66.9 Å². The standard InChI is InChI=1S/C41H28N.Ir/c1-2-10-30(11-3-1)33-12-6-15-36(26-33)38-17-8-18-39(28-38)37-16-7-13-34(27-37)31-21-23-32(24-22-31)35-14-9-19-40(29-35)41-20-4-5-25-42-41;/h1-18,20-29H;/q-1;. The molecule has 0 saturated carbocycles. The van der Waals surface area contributed by atoms with E-state index in [0.717, 1.165) is 16.8 Å². The fourth-order valence-electron chi connectivity index (χ4n) is 5.44. The molecule has 0 bridgehead atoms. The molecule has 0 fully saturated rings. The number of benzene rings is 6. The average molecular weight is 727 g/mol. The SMILES string of the molecule is [Ir].[c-]1ccc(-c2ccc(-c3cccc(-c4cccc(-c5cccc(-c6ccccc6)c5)c4)c3)cc2)cc1-c1ccccn1. The molecule has 1 radical (unpaired) electrons. The van der Waals surface area contributed by atoms with Crippen LogP contribution in [0.2, 0.25) is 0 Å². The van der Waals surface area contributed by atoms with Crippen LogP contribution in [0, 0.1) is 6.07 Å². The van der Waals surface area contributed by atoms with Crippen LogP contribution in [0.1, 0.15) is 0 Å². The van der Waals surface area contributed by atoms with Gasteiger partial charge in [-0.15, -0.1) is 35.4 Å². The Labute approximate surface area is 266 Å². The molecule has 7 aromatic rings. The molecular formula is C41H28IrN-. The van der Waals surface area contributed by atoms with E-state index in [2.05, 4.69) is 151 Å². The molecule has 0 aliphatic carbocycles. The van der Waals surface area contributed by atoms with Crippen LogP contribution in [-0.4, -0.2) is 4.98 Å². The number of pyridine rings is 1. The quantitative estimate of drug-likeness (QED) is 0.156. The normalized spacial score (nSPS) is 10.6. The van der Waals surface area contributed by atoms with Crippen molar-refractivity contribution < 1.29 is 20.1 Å².